The highest BCUT2D eigenvalue weighted by atomic mass is 35.5. The maximum absolute atomic E-state index is 5.74. The third-order valence-electron chi connectivity index (χ3n) is 4.69. The van der Waals surface area contributed by atoms with Crippen molar-refractivity contribution in [3.05, 3.63) is 29.8 Å². The Bertz CT molecular complexity index is 465. The summed E-state index contributed by atoms with van der Waals surface area (Å²) in [7, 11) is 0. The van der Waals surface area contributed by atoms with E-state index in [9.17, 15) is 0 Å². The minimum atomic E-state index is 0. The van der Waals surface area contributed by atoms with Crippen LogP contribution in [0.25, 0.3) is 0 Å². The minimum Gasteiger partial charge on any atom is -0.494 e. The molecule has 2 saturated heterocycles. The number of hydrogen-bond acceptors (Lipinski definition) is 4. The number of piperazine rings is 1. The molecule has 0 bridgehead atoms. The van der Waals surface area contributed by atoms with Gasteiger partial charge in [-0.2, -0.15) is 0 Å². The van der Waals surface area contributed by atoms with Crippen molar-refractivity contribution >= 4 is 12.4 Å². The molecule has 1 atom stereocenters. The molecule has 23 heavy (non-hydrogen) atoms. The van der Waals surface area contributed by atoms with E-state index < -0.39 is 0 Å². The number of likely N-dealkylation sites (tertiary alicyclic amines) is 1. The molecule has 0 amide bonds. The van der Waals surface area contributed by atoms with Gasteiger partial charge in [0.2, 0.25) is 0 Å². The van der Waals surface area contributed by atoms with Gasteiger partial charge in [0, 0.05) is 51.9 Å². The molecule has 130 valence electrons. The summed E-state index contributed by atoms with van der Waals surface area (Å²) in [5.74, 6) is 1.01. The molecule has 0 saturated carbocycles. The molecule has 1 aromatic carbocycles. The molecule has 0 aliphatic carbocycles. The lowest BCUT2D eigenvalue weighted by atomic mass is 10.2. The van der Waals surface area contributed by atoms with Crippen LogP contribution in [0.15, 0.2) is 24.3 Å². The third kappa shape index (κ3) is 5.35. The summed E-state index contributed by atoms with van der Waals surface area (Å²) in [6.07, 6.45) is 2.37. The van der Waals surface area contributed by atoms with Crippen molar-refractivity contribution in [2.24, 2.45) is 0 Å². The van der Waals surface area contributed by atoms with Crippen LogP contribution < -0.4 is 10.1 Å². The number of rotatable bonds is 6. The Morgan fingerprint density at radius 3 is 2.83 bits per heavy atom. The summed E-state index contributed by atoms with van der Waals surface area (Å²) in [6.45, 7) is 11.1. The maximum atomic E-state index is 5.74. The first-order chi connectivity index (χ1) is 10.8. The number of nitrogens with zero attached hydrogens (tertiary/aromatic N) is 2. The molecule has 2 aliphatic heterocycles. The summed E-state index contributed by atoms with van der Waals surface area (Å²) in [4.78, 5) is 5.25. The van der Waals surface area contributed by atoms with Crippen LogP contribution in [-0.4, -0.2) is 61.7 Å². The molecule has 0 spiro atoms. The number of ether oxygens (including phenoxy) is 1. The third-order valence-corrected chi connectivity index (χ3v) is 4.69. The first-order valence-corrected chi connectivity index (χ1v) is 8.74. The molecule has 2 heterocycles. The highest BCUT2D eigenvalue weighted by molar-refractivity contribution is 5.85. The average molecular weight is 340 g/mol. The molecule has 1 N–H and O–H groups in total. The molecular formula is C18H30ClN3O. The smallest absolute Gasteiger partial charge is 0.119 e. The summed E-state index contributed by atoms with van der Waals surface area (Å²) >= 11 is 0. The van der Waals surface area contributed by atoms with E-state index in [1.165, 1.54) is 38.2 Å². The van der Waals surface area contributed by atoms with Gasteiger partial charge in [-0.25, -0.2) is 0 Å². The molecule has 0 aromatic heterocycles. The van der Waals surface area contributed by atoms with Crippen LogP contribution in [0.1, 0.15) is 25.3 Å². The van der Waals surface area contributed by atoms with E-state index in [1.807, 2.05) is 0 Å². The summed E-state index contributed by atoms with van der Waals surface area (Å²) in [6, 6.07) is 9.35. The molecule has 1 aromatic rings. The van der Waals surface area contributed by atoms with Crippen LogP contribution in [0.3, 0.4) is 0 Å². The normalized spacial score (nSPS) is 22.7. The van der Waals surface area contributed by atoms with Crippen molar-refractivity contribution in [2.75, 3.05) is 45.9 Å². The molecular weight excluding hydrogens is 310 g/mol. The Kier molecular flexibility index (Phi) is 7.63. The van der Waals surface area contributed by atoms with Crippen LogP contribution in [0.2, 0.25) is 0 Å². The summed E-state index contributed by atoms with van der Waals surface area (Å²) in [5.41, 5.74) is 1.37. The van der Waals surface area contributed by atoms with Gasteiger partial charge in [0.25, 0.3) is 0 Å². The Hall–Kier alpha value is -0.810. The fourth-order valence-corrected chi connectivity index (χ4v) is 3.51. The van der Waals surface area contributed by atoms with Crippen molar-refractivity contribution in [1.29, 1.82) is 0 Å². The maximum Gasteiger partial charge on any atom is 0.119 e. The standard InChI is InChI=1S/C18H29N3O.ClH/c1-2-12-22-18-5-3-4-16(13-18)14-20-9-6-17(15-20)21-10-7-19-8-11-21;/h3-5,13,17,19H,2,6-12,14-15H2,1H3;1H. The second kappa shape index (κ2) is 9.48. The first-order valence-electron chi connectivity index (χ1n) is 8.74. The lowest BCUT2D eigenvalue weighted by Crippen LogP contribution is -2.49. The lowest BCUT2D eigenvalue weighted by Gasteiger charge is -2.32. The SMILES string of the molecule is CCCOc1cccc(CN2CCC(N3CCNCC3)C2)c1.Cl. The summed E-state index contributed by atoms with van der Waals surface area (Å²) in [5, 5.41) is 3.44. The van der Waals surface area contributed by atoms with E-state index >= 15 is 0 Å². The van der Waals surface area contributed by atoms with Crippen LogP contribution in [0.5, 0.6) is 5.75 Å². The van der Waals surface area contributed by atoms with Gasteiger partial charge in [0.1, 0.15) is 5.75 Å². The predicted octanol–water partition coefficient (Wildman–Crippen LogP) is 2.38. The molecule has 2 fully saturated rings. The molecule has 1 unspecified atom stereocenters. The zero-order valence-electron chi connectivity index (χ0n) is 14.2. The van der Waals surface area contributed by atoms with Gasteiger partial charge in [-0.05, 0) is 30.5 Å². The van der Waals surface area contributed by atoms with Crippen LogP contribution in [0, 0.1) is 0 Å². The van der Waals surface area contributed by atoms with Crippen molar-refractivity contribution in [1.82, 2.24) is 15.1 Å². The second-order valence-electron chi connectivity index (χ2n) is 6.46. The van der Waals surface area contributed by atoms with Gasteiger partial charge in [-0.15, -0.1) is 12.4 Å². The van der Waals surface area contributed by atoms with Crippen molar-refractivity contribution in [3.8, 4) is 5.75 Å². The molecule has 3 rings (SSSR count). The van der Waals surface area contributed by atoms with Crippen LogP contribution in [0.4, 0.5) is 0 Å². The topological polar surface area (TPSA) is 27.7 Å². The largest absolute Gasteiger partial charge is 0.494 e. The van der Waals surface area contributed by atoms with Crippen molar-refractivity contribution in [2.45, 2.75) is 32.4 Å². The van der Waals surface area contributed by atoms with Gasteiger partial charge in [-0.1, -0.05) is 19.1 Å². The lowest BCUT2D eigenvalue weighted by molar-refractivity contribution is 0.170. The van der Waals surface area contributed by atoms with Crippen LogP contribution >= 0.6 is 12.4 Å². The van der Waals surface area contributed by atoms with E-state index in [-0.39, 0.29) is 12.4 Å². The van der Waals surface area contributed by atoms with Gasteiger partial charge in [-0.3, -0.25) is 9.80 Å². The van der Waals surface area contributed by atoms with Crippen molar-refractivity contribution < 1.29 is 4.74 Å². The van der Waals surface area contributed by atoms with Gasteiger partial charge >= 0.3 is 0 Å². The number of benzene rings is 1. The number of halogens is 1. The fraction of sp³-hybridized carbons (Fsp3) is 0.667. The van der Waals surface area contributed by atoms with E-state index in [1.54, 1.807) is 0 Å². The quantitative estimate of drug-likeness (QED) is 0.861. The molecule has 2 aliphatic rings. The monoisotopic (exact) mass is 339 g/mol. The van der Waals surface area contributed by atoms with E-state index in [4.69, 9.17) is 4.74 Å². The molecule has 5 heteroatoms. The predicted molar refractivity (Wildman–Crippen MR) is 97.6 cm³/mol. The zero-order chi connectivity index (χ0) is 15.2. The Labute approximate surface area is 146 Å². The van der Waals surface area contributed by atoms with Gasteiger partial charge in [0.05, 0.1) is 6.61 Å². The average Bonchev–Trinajstić information content (AvgIpc) is 3.03. The number of hydrogen-bond donors (Lipinski definition) is 1. The Morgan fingerprint density at radius 1 is 1.22 bits per heavy atom. The Morgan fingerprint density at radius 2 is 2.04 bits per heavy atom. The van der Waals surface area contributed by atoms with E-state index in [0.717, 1.165) is 44.5 Å². The second-order valence-corrected chi connectivity index (χ2v) is 6.46. The van der Waals surface area contributed by atoms with E-state index in [2.05, 4.69) is 46.3 Å². The van der Waals surface area contributed by atoms with Crippen molar-refractivity contribution in [3.63, 3.8) is 0 Å². The first kappa shape index (κ1) is 18.5. The Balaban J connectivity index is 0.00000192. The fourth-order valence-electron chi connectivity index (χ4n) is 3.51. The highest BCUT2D eigenvalue weighted by Gasteiger charge is 2.28. The van der Waals surface area contributed by atoms with E-state index in [0.29, 0.717) is 0 Å². The van der Waals surface area contributed by atoms with Gasteiger partial charge in [0.15, 0.2) is 0 Å². The highest BCUT2D eigenvalue weighted by Crippen LogP contribution is 2.20. The van der Waals surface area contributed by atoms with Crippen LogP contribution in [-0.2, 0) is 6.54 Å². The molecule has 4 nitrogen and oxygen atoms in total. The molecule has 0 radical (unpaired) electrons. The number of nitrogens with one attached hydrogen (secondary N) is 1. The summed E-state index contributed by atoms with van der Waals surface area (Å²) < 4.78 is 5.74. The zero-order valence-corrected chi connectivity index (χ0v) is 15.0. The van der Waals surface area contributed by atoms with Gasteiger partial charge < -0.3 is 10.1 Å². The minimum absolute atomic E-state index is 0.